The molecule has 0 aliphatic rings. The molecule has 3 rings (SSSR count). The number of ether oxygens (including phenoxy) is 1. The Bertz CT molecular complexity index is 885. The number of methoxy groups -OCH3 is 1. The van der Waals surface area contributed by atoms with Crippen LogP contribution in [-0.2, 0) is 0 Å². The Balaban J connectivity index is 2.22. The van der Waals surface area contributed by atoms with Crippen LogP contribution in [0.25, 0.3) is 22.5 Å². The first kappa shape index (κ1) is 14.5. The van der Waals surface area contributed by atoms with Gasteiger partial charge in [-0.05, 0) is 35.9 Å². The molecule has 0 atom stereocenters. The van der Waals surface area contributed by atoms with Crippen LogP contribution < -0.4 is 10.5 Å². The summed E-state index contributed by atoms with van der Waals surface area (Å²) in [7, 11) is 1.60. The van der Waals surface area contributed by atoms with Crippen LogP contribution >= 0.6 is 0 Å². The van der Waals surface area contributed by atoms with Gasteiger partial charge >= 0.3 is 0 Å². The van der Waals surface area contributed by atoms with Gasteiger partial charge in [0, 0.05) is 11.8 Å². The molecule has 0 amide bonds. The zero-order chi connectivity index (χ0) is 16.2. The second-order valence-corrected chi connectivity index (χ2v) is 4.87. The summed E-state index contributed by atoms with van der Waals surface area (Å²) in [4.78, 5) is 8.59. The van der Waals surface area contributed by atoms with E-state index in [9.17, 15) is 5.26 Å². The fraction of sp³-hybridized carbons (Fsp3) is 0.0556. The number of hydrogen-bond acceptors (Lipinski definition) is 5. The molecule has 0 fully saturated rings. The van der Waals surface area contributed by atoms with Gasteiger partial charge in [-0.1, -0.05) is 18.2 Å². The minimum Gasteiger partial charge on any atom is -0.497 e. The lowest BCUT2D eigenvalue weighted by atomic mass is 9.99. The quantitative estimate of drug-likeness (QED) is 0.802. The van der Waals surface area contributed by atoms with E-state index in [1.165, 1.54) is 0 Å². The second-order valence-electron chi connectivity index (χ2n) is 4.87. The predicted molar refractivity (Wildman–Crippen MR) is 88.6 cm³/mol. The lowest BCUT2D eigenvalue weighted by Crippen LogP contribution is -2.00. The Morgan fingerprint density at radius 3 is 2.65 bits per heavy atom. The van der Waals surface area contributed by atoms with Gasteiger partial charge in [-0.15, -0.1) is 0 Å². The number of anilines is 1. The molecule has 2 heterocycles. The maximum Gasteiger partial charge on any atom is 0.142 e. The smallest absolute Gasteiger partial charge is 0.142 e. The molecular weight excluding hydrogens is 288 g/mol. The molecule has 1 aromatic carbocycles. The zero-order valence-corrected chi connectivity index (χ0v) is 12.5. The zero-order valence-electron chi connectivity index (χ0n) is 12.5. The summed E-state index contributed by atoms with van der Waals surface area (Å²) in [5.74, 6) is 0.898. The van der Waals surface area contributed by atoms with Gasteiger partial charge in [0.2, 0.25) is 0 Å². The van der Waals surface area contributed by atoms with Crippen LogP contribution in [0.1, 0.15) is 5.56 Å². The van der Waals surface area contributed by atoms with Crippen LogP contribution in [-0.4, -0.2) is 17.1 Å². The lowest BCUT2D eigenvalue weighted by Gasteiger charge is -2.10. The Morgan fingerprint density at radius 2 is 1.96 bits per heavy atom. The van der Waals surface area contributed by atoms with E-state index in [0.29, 0.717) is 28.3 Å². The van der Waals surface area contributed by atoms with Gasteiger partial charge in [0.1, 0.15) is 23.2 Å². The third kappa shape index (κ3) is 2.83. The van der Waals surface area contributed by atoms with Crippen molar-refractivity contribution in [2.75, 3.05) is 12.8 Å². The fourth-order valence-corrected chi connectivity index (χ4v) is 2.35. The van der Waals surface area contributed by atoms with E-state index in [2.05, 4.69) is 16.0 Å². The second kappa shape index (κ2) is 6.16. The lowest BCUT2D eigenvalue weighted by molar-refractivity contribution is 0.415. The van der Waals surface area contributed by atoms with Crippen molar-refractivity contribution in [3.8, 4) is 34.3 Å². The van der Waals surface area contributed by atoms with Crippen molar-refractivity contribution < 1.29 is 4.74 Å². The number of benzene rings is 1. The third-order valence-electron chi connectivity index (χ3n) is 3.47. The molecule has 0 spiro atoms. The Labute approximate surface area is 134 Å². The van der Waals surface area contributed by atoms with Gasteiger partial charge in [-0.25, -0.2) is 4.98 Å². The number of rotatable bonds is 3. The van der Waals surface area contributed by atoms with E-state index in [-0.39, 0.29) is 5.82 Å². The van der Waals surface area contributed by atoms with E-state index < -0.39 is 0 Å². The topological polar surface area (TPSA) is 84.8 Å². The Kier molecular flexibility index (Phi) is 3.89. The number of nitriles is 1. The predicted octanol–water partition coefficient (Wildman–Crippen LogP) is 3.27. The highest BCUT2D eigenvalue weighted by Crippen LogP contribution is 2.32. The molecule has 0 aliphatic heterocycles. The number of nitrogen functional groups attached to an aromatic ring is 1. The van der Waals surface area contributed by atoms with E-state index in [4.69, 9.17) is 10.5 Å². The molecule has 0 bridgehead atoms. The highest BCUT2D eigenvalue weighted by Gasteiger charge is 2.14. The van der Waals surface area contributed by atoms with Gasteiger partial charge in [-0.3, -0.25) is 4.98 Å². The van der Waals surface area contributed by atoms with Crippen molar-refractivity contribution >= 4 is 5.82 Å². The maximum atomic E-state index is 9.43. The molecule has 0 radical (unpaired) electrons. The average Bonchev–Trinajstić information content (AvgIpc) is 2.61. The summed E-state index contributed by atoms with van der Waals surface area (Å²) < 4.78 is 5.25. The standard InChI is InChI=1S/C18H14N4O/c1-23-13-6-4-5-12(9-13)14-10-17(16-7-2-3-8-21-16)22-18(20)15(14)11-19/h2-10H,1H3,(H2,20,22). The SMILES string of the molecule is COc1cccc(-c2cc(-c3ccccn3)nc(N)c2C#N)c1. The number of nitrogens with zero attached hydrogens (tertiary/aromatic N) is 3. The summed E-state index contributed by atoms with van der Waals surface area (Å²) in [6.45, 7) is 0. The van der Waals surface area contributed by atoms with E-state index in [1.54, 1.807) is 13.3 Å². The summed E-state index contributed by atoms with van der Waals surface area (Å²) >= 11 is 0. The minimum absolute atomic E-state index is 0.188. The van der Waals surface area contributed by atoms with Crippen molar-refractivity contribution in [1.82, 2.24) is 9.97 Å². The van der Waals surface area contributed by atoms with Crippen LogP contribution in [0.2, 0.25) is 0 Å². The van der Waals surface area contributed by atoms with Crippen LogP contribution in [0.3, 0.4) is 0 Å². The molecular formula is C18H14N4O. The van der Waals surface area contributed by atoms with Gasteiger partial charge in [0.25, 0.3) is 0 Å². The number of nitrogens with two attached hydrogens (primary N) is 1. The molecule has 0 aliphatic carbocycles. The molecule has 0 unspecified atom stereocenters. The largest absolute Gasteiger partial charge is 0.497 e. The number of pyridine rings is 2. The monoisotopic (exact) mass is 302 g/mol. The highest BCUT2D eigenvalue weighted by atomic mass is 16.5. The molecule has 23 heavy (non-hydrogen) atoms. The highest BCUT2D eigenvalue weighted by molar-refractivity contribution is 5.79. The van der Waals surface area contributed by atoms with Gasteiger partial charge in [0.05, 0.1) is 18.5 Å². The minimum atomic E-state index is 0.188. The Hall–Kier alpha value is -3.39. The summed E-state index contributed by atoms with van der Waals surface area (Å²) in [5, 5.41) is 9.43. The summed E-state index contributed by atoms with van der Waals surface area (Å²) in [6, 6.07) is 17.0. The van der Waals surface area contributed by atoms with Gasteiger partial charge < -0.3 is 10.5 Å². The first-order valence-electron chi connectivity index (χ1n) is 6.99. The van der Waals surface area contributed by atoms with Crippen LogP contribution in [0.4, 0.5) is 5.82 Å². The summed E-state index contributed by atoms with van der Waals surface area (Å²) in [6.07, 6.45) is 1.69. The molecule has 2 aromatic heterocycles. The molecule has 5 nitrogen and oxygen atoms in total. The van der Waals surface area contributed by atoms with Crippen LogP contribution in [0.5, 0.6) is 5.75 Å². The van der Waals surface area contributed by atoms with E-state index in [1.807, 2.05) is 48.5 Å². The molecule has 0 saturated carbocycles. The molecule has 0 saturated heterocycles. The first-order valence-corrected chi connectivity index (χ1v) is 6.99. The first-order chi connectivity index (χ1) is 11.2. The average molecular weight is 302 g/mol. The normalized spacial score (nSPS) is 10.1. The fourth-order valence-electron chi connectivity index (χ4n) is 2.35. The van der Waals surface area contributed by atoms with Crippen molar-refractivity contribution in [3.05, 3.63) is 60.3 Å². The number of aromatic nitrogens is 2. The Morgan fingerprint density at radius 1 is 1.09 bits per heavy atom. The maximum absolute atomic E-state index is 9.43. The number of hydrogen-bond donors (Lipinski definition) is 1. The van der Waals surface area contributed by atoms with Crippen LogP contribution in [0.15, 0.2) is 54.7 Å². The van der Waals surface area contributed by atoms with Crippen molar-refractivity contribution in [2.45, 2.75) is 0 Å². The van der Waals surface area contributed by atoms with Crippen LogP contribution in [0, 0.1) is 11.3 Å². The van der Waals surface area contributed by atoms with E-state index >= 15 is 0 Å². The molecule has 112 valence electrons. The third-order valence-corrected chi connectivity index (χ3v) is 3.47. The summed E-state index contributed by atoms with van der Waals surface area (Å²) in [5.41, 5.74) is 9.21. The molecule has 5 heteroatoms. The van der Waals surface area contributed by atoms with Gasteiger partial charge in [0.15, 0.2) is 0 Å². The van der Waals surface area contributed by atoms with Gasteiger partial charge in [-0.2, -0.15) is 5.26 Å². The molecule has 2 N–H and O–H groups in total. The molecule has 3 aromatic rings. The van der Waals surface area contributed by atoms with Crippen molar-refractivity contribution in [3.63, 3.8) is 0 Å². The van der Waals surface area contributed by atoms with Crippen molar-refractivity contribution in [1.29, 1.82) is 5.26 Å². The van der Waals surface area contributed by atoms with Crippen molar-refractivity contribution in [2.24, 2.45) is 0 Å². The van der Waals surface area contributed by atoms with E-state index in [0.717, 1.165) is 5.56 Å².